The van der Waals surface area contributed by atoms with Crippen LogP contribution in [0.5, 0.6) is 0 Å². The topological polar surface area (TPSA) is 64.9 Å². The van der Waals surface area contributed by atoms with E-state index in [1.54, 1.807) is 0 Å². The van der Waals surface area contributed by atoms with Gasteiger partial charge in [-0.3, -0.25) is 4.79 Å². The molecule has 1 fully saturated rings. The molecule has 4 nitrogen and oxygen atoms in total. The highest BCUT2D eigenvalue weighted by atomic mass is 16.1. The van der Waals surface area contributed by atoms with Gasteiger partial charge in [0, 0.05) is 25.0 Å². The maximum atomic E-state index is 10.9. The van der Waals surface area contributed by atoms with Gasteiger partial charge in [0.1, 0.15) is 0 Å². The number of nitrogens with zero attached hydrogens (tertiary/aromatic N) is 1. The highest BCUT2D eigenvalue weighted by Gasteiger charge is 2.20. The first kappa shape index (κ1) is 11.0. The van der Waals surface area contributed by atoms with E-state index in [1.807, 2.05) is 0 Å². The monoisotopic (exact) mass is 195 g/mol. The number of nitrogens with one attached hydrogen (secondary N) is 2. The van der Waals surface area contributed by atoms with Gasteiger partial charge in [0.15, 0.2) is 0 Å². The van der Waals surface area contributed by atoms with Crippen LogP contribution in [0.2, 0.25) is 0 Å². The molecule has 2 unspecified atom stereocenters. The maximum Gasteiger partial charge on any atom is 0.220 e. The fourth-order valence-corrected chi connectivity index (χ4v) is 1.61. The fourth-order valence-electron chi connectivity index (χ4n) is 1.61. The van der Waals surface area contributed by atoms with Crippen LogP contribution in [0.15, 0.2) is 0 Å². The summed E-state index contributed by atoms with van der Waals surface area (Å²) < 4.78 is 0. The Morgan fingerprint density at radius 1 is 1.79 bits per heavy atom. The van der Waals surface area contributed by atoms with E-state index in [9.17, 15) is 4.79 Å². The van der Waals surface area contributed by atoms with Crippen LogP contribution in [-0.4, -0.2) is 24.5 Å². The van der Waals surface area contributed by atoms with E-state index in [0.29, 0.717) is 12.8 Å². The van der Waals surface area contributed by atoms with Crippen LogP contribution < -0.4 is 10.6 Å². The van der Waals surface area contributed by atoms with E-state index in [0.717, 1.165) is 19.4 Å². The third kappa shape index (κ3) is 3.35. The van der Waals surface area contributed by atoms with Crippen molar-refractivity contribution in [2.24, 2.45) is 0 Å². The SMILES string of the molecule is CCC(CC#N)NCC1CCC(=O)N1. The van der Waals surface area contributed by atoms with Crippen molar-refractivity contribution in [1.29, 1.82) is 5.26 Å². The molecule has 1 heterocycles. The summed E-state index contributed by atoms with van der Waals surface area (Å²) in [5.41, 5.74) is 0. The number of amides is 1. The molecular weight excluding hydrogens is 178 g/mol. The number of carbonyl (C=O) groups excluding carboxylic acids is 1. The van der Waals surface area contributed by atoms with Crippen molar-refractivity contribution in [2.45, 2.75) is 44.7 Å². The predicted molar refractivity (Wildman–Crippen MR) is 53.5 cm³/mol. The van der Waals surface area contributed by atoms with Crippen molar-refractivity contribution in [3.05, 3.63) is 0 Å². The summed E-state index contributed by atoms with van der Waals surface area (Å²) in [6.45, 7) is 2.84. The minimum absolute atomic E-state index is 0.144. The zero-order valence-electron chi connectivity index (χ0n) is 8.55. The minimum Gasteiger partial charge on any atom is -0.352 e. The van der Waals surface area contributed by atoms with Gasteiger partial charge in [-0.25, -0.2) is 0 Å². The lowest BCUT2D eigenvalue weighted by Gasteiger charge is -2.17. The zero-order valence-corrected chi connectivity index (χ0v) is 8.55. The third-order valence-corrected chi connectivity index (χ3v) is 2.57. The first-order chi connectivity index (χ1) is 6.76. The van der Waals surface area contributed by atoms with Crippen molar-refractivity contribution in [1.82, 2.24) is 10.6 Å². The molecule has 78 valence electrons. The zero-order chi connectivity index (χ0) is 10.4. The van der Waals surface area contributed by atoms with E-state index in [1.165, 1.54) is 0 Å². The largest absolute Gasteiger partial charge is 0.352 e. The molecule has 0 bridgehead atoms. The van der Waals surface area contributed by atoms with Gasteiger partial charge in [0.05, 0.1) is 12.5 Å². The molecule has 0 aromatic heterocycles. The average molecular weight is 195 g/mol. The van der Waals surface area contributed by atoms with Gasteiger partial charge >= 0.3 is 0 Å². The van der Waals surface area contributed by atoms with Crippen LogP contribution in [-0.2, 0) is 4.79 Å². The molecule has 0 aromatic rings. The molecule has 0 saturated carbocycles. The Kier molecular flexibility index (Phi) is 4.41. The molecule has 0 aromatic carbocycles. The highest BCUT2D eigenvalue weighted by Crippen LogP contribution is 2.06. The third-order valence-electron chi connectivity index (χ3n) is 2.57. The van der Waals surface area contributed by atoms with Gasteiger partial charge < -0.3 is 10.6 Å². The van der Waals surface area contributed by atoms with Crippen LogP contribution in [0.1, 0.15) is 32.6 Å². The summed E-state index contributed by atoms with van der Waals surface area (Å²) in [6.07, 6.45) is 3.04. The molecule has 1 aliphatic rings. The van der Waals surface area contributed by atoms with Crippen molar-refractivity contribution in [3.8, 4) is 6.07 Å². The highest BCUT2D eigenvalue weighted by molar-refractivity contribution is 5.78. The van der Waals surface area contributed by atoms with Gasteiger partial charge in [0.25, 0.3) is 0 Å². The van der Waals surface area contributed by atoms with Gasteiger partial charge in [-0.05, 0) is 12.8 Å². The molecule has 1 aliphatic heterocycles. The number of rotatable bonds is 5. The van der Waals surface area contributed by atoms with Crippen molar-refractivity contribution >= 4 is 5.91 Å². The second-order valence-electron chi connectivity index (χ2n) is 3.68. The summed E-state index contributed by atoms with van der Waals surface area (Å²) in [5.74, 6) is 0.144. The number of nitriles is 1. The molecule has 1 rings (SSSR count). The Hall–Kier alpha value is -1.08. The Balaban J connectivity index is 2.19. The van der Waals surface area contributed by atoms with Gasteiger partial charge in [0.2, 0.25) is 5.91 Å². The summed E-state index contributed by atoms with van der Waals surface area (Å²) in [4.78, 5) is 10.9. The predicted octanol–water partition coefficient (Wildman–Crippen LogP) is 0.547. The summed E-state index contributed by atoms with van der Waals surface area (Å²) in [5, 5.41) is 14.7. The fraction of sp³-hybridized carbons (Fsp3) is 0.800. The number of carbonyl (C=O) groups is 1. The molecule has 4 heteroatoms. The molecule has 1 amide bonds. The van der Waals surface area contributed by atoms with Crippen LogP contribution in [0.25, 0.3) is 0 Å². The summed E-state index contributed by atoms with van der Waals surface area (Å²) in [6, 6.07) is 2.67. The lowest BCUT2D eigenvalue weighted by Crippen LogP contribution is -2.40. The lowest BCUT2D eigenvalue weighted by atomic mass is 10.1. The normalized spacial score (nSPS) is 22.9. The summed E-state index contributed by atoms with van der Waals surface area (Å²) >= 11 is 0. The smallest absolute Gasteiger partial charge is 0.220 e. The molecule has 2 N–H and O–H groups in total. The standard InChI is InChI=1S/C10H17N3O/c1-2-8(5-6-11)12-7-9-3-4-10(14)13-9/h8-9,12H,2-5,7H2,1H3,(H,13,14). The van der Waals surface area contributed by atoms with Crippen molar-refractivity contribution in [2.75, 3.05) is 6.54 Å². The van der Waals surface area contributed by atoms with Gasteiger partial charge in [-0.15, -0.1) is 0 Å². The Morgan fingerprint density at radius 2 is 2.57 bits per heavy atom. The Bertz CT molecular complexity index is 234. The van der Waals surface area contributed by atoms with Crippen molar-refractivity contribution in [3.63, 3.8) is 0 Å². The van der Waals surface area contributed by atoms with E-state index < -0.39 is 0 Å². The van der Waals surface area contributed by atoms with Crippen LogP contribution in [0.3, 0.4) is 0 Å². The molecule has 2 atom stereocenters. The number of hydrogen-bond acceptors (Lipinski definition) is 3. The Labute approximate surface area is 84.7 Å². The quantitative estimate of drug-likeness (QED) is 0.673. The van der Waals surface area contributed by atoms with E-state index in [-0.39, 0.29) is 18.0 Å². The second kappa shape index (κ2) is 5.61. The van der Waals surface area contributed by atoms with Crippen LogP contribution in [0.4, 0.5) is 0 Å². The average Bonchev–Trinajstić information content (AvgIpc) is 2.59. The summed E-state index contributed by atoms with van der Waals surface area (Å²) in [7, 11) is 0. The Morgan fingerprint density at radius 3 is 3.07 bits per heavy atom. The molecular formula is C10H17N3O. The van der Waals surface area contributed by atoms with E-state index >= 15 is 0 Å². The first-order valence-corrected chi connectivity index (χ1v) is 5.16. The van der Waals surface area contributed by atoms with E-state index in [4.69, 9.17) is 5.26 Å². The van der Waals surface area contributed by atoms with Crippen molar-refractivity contribution < 1.29 is 4.79 Å². The number of hydrogen-bond donors (Lipinski definition) is 2. The maximum absolute atomic E-state index is 10.9. The van der Waals surface area contributed by atoms with E-state index in [2.05, 4.69) is 23.6 Å². The molecule has 0 aliphatic carbocycles. The molecule has 0 radical (unpaired) electrons. The molecule has 1 saturated heterocycles. The van der Waals surface area contributed by atoms with Crippen LogP contribution in [0, 0.1) is 11.3 Å². The molecule has 14 heavy (non-hydrogen) atoms. The first-order valence-electron chi connectivity index (χ1n) is 5.16. The minimum atomic E-state index is 0.144. The second-order valence-corrected chi connectivity index (χ2v) is 3.68. The molecule has 0 spiro atoms. The van der Waals surface area contributed by atoms with Gasteiger partial charge in [-0.1, -0.05) is 6.92 Å². The van der Waals surface area contributed by atoms with Crippen LogP contribution >= 0.6 is 0 Å². The van der Waals surface area contributed by atoms with Gasteiger partial charge in [-0.2, -0.15) is 5.26 Å². The lowest BCUT2D eigenvalue weighted by molar-refractivity contribution is -0.119.